The summed E-state index contributed by atoms with van der Waals surface area (Å²) >= 11 is 0. The van der Waals surface area contributed by atoms with Gasteiger partial charge in [0.15, 0.2) is 13.2 Å². The van der Waals surface area contributed by atoms with Gasteiger partial charge in [-0.05, 0) is 92.9 Å². The van der Waals surface area contributed by atoms with Gasteiger partial charge in [-0.2, -0.15) is 0 Å². The van der Waals surface area contributed by atoms with Crippen LogP contribution in [0.15, 0.2) is 49.6 Å². The monoisotopic (exact) mass is 1030 g/mol. The topological polar surface area (TPSA) is 263 Å². The molecule has 20 heteroatoms. The number of hydrogen-bond acceptors (Lipinski definition) is 20. The normalized spacial score (nSPS) is 42.9. The summed E-state index contributed by atoms with van der Waals surface area (Å²) in [6, 6.07) is 0. The molecule has 12 aliphatic rings. The molecule has 20 unspecified atom stereocenters. The second kappa shape index (κ2) is 18.8. The van der Waals surface area contributed by atoms with Crippen LogP contribution < -0.4 is 0 Å². The third kappa shape index (κ3) is 8.50. The zero-order chi connectivity index (χ0) is 53.7. The quantitative estimate of drug-likeness (QED) is 0.151. The molecule has 20 nitrogen and oxygen atoms in total. The zero-order valence-corrected chi connectivity index (χ0v) is 42.5. The summed E-state index contributed by atoms with van der Waals surface area (Å²) in [4.78, 5) is 115. The predicted molar refractivity (Wildman–Crippen MR) is 248 cm³/mol. The van der Waals surface area contributed by atoms with Crippen molar-refractivity contribution in [1.29, 1.82) is 0 Å². The Labute approximate surface area is 427 Å². The van der Waals surface area contributed by atoms with E-state index < -0.39 is 65.5 Å². The van der Waals surface area contributed by atoms with Crippen LogP contribution in [0.1, 0.15) is 92.9 Å². The Balaban J connectivity index is 0.000000122. The van der Waals surface area contributed by atoms with Gasteiger partial charge in [0.05, 0.1) is 23.7 Å². The fraction of sp³-hybridized carbons (Fsp3) is 0.667. The van der Waals surface area contributed by atoms with E-state index in [1.165, 1.54) is 6.92 Å². The molecule has 74 heavy (non-hydrogen) atoms. The van der Waals surface area contributed by atoms with E-state index >= 15 is 0 Å². The highest BCUT2D eigenvalue weighted by Gasteiger charge is 2.72. The second-order valence-electron chi connectivity index (χ2n) is 22.8. The first-order valence-corrected chi connectivity index (χ1v) is 25.4. The summed E-state index contributed by atoms with van der Waals surface area (Å²) in [6.07, 6.45) is 7.46. The maximum atomic E-state index is 11.9. The van der Waals surface area contributed by atoms with Gasteiger partial charge in [-0.3, -0.25) is 19.2 Å². The Morgan fingerprint density at radius 3 is 1.07 bits per heavy atom. The Kier molecular flexibility index (Phi) is 13.3. The van der Waals surface area contributed by atoms with Crippen molar-refractivity contribution in [2.24, 2.45) is 71.0 Å². The van der Waals surface area contributed by atoms with Crippen LogP contribution in [0.5, 0.6) is 0 Å². The first-order valence-electron chi connectivity index (χ1n) is 25.4. The van der Waals surface area contributed by atoms with Crippen LogP contribution in [0.25, 0.3) is 0 Å². The fourth-order valence-corrected chi connectivity index (χ4v) is 15.0. The van der Waals surface area contributed by atoms with Crippen LogP contribution in [0.3, 0.4) is 0 Å². The molecule has 12 rings (SSSR count). The van der Waals surface area contributed by atoms with E-state index in [9.17, 15) is 47.9 Å². The molecule has 4 saturated heterocycles. The first kappa shape index (κ1) is 52.5. The molecule has 12 fully saturated rings. The van der Waals surface area contributed by atoms with E-state index in [0.29, 0.717) is 18.4 Å². The van der Waals surface area contributed by atoms with Gasteiger partial charge in [-0.15, -0.1) is 0 Å². The number of carbonyl (C=O) groups excluding carboxylic acids is 10. The van der Waals surface area contributed by atoms with Crippen LogP contribution in [0.4, 0.5) is 0 Å². The highest BCUT2D eigenvalue weighted by molar-refractivity contribution is 5.89. The molecule has 4 aliphatic heterocycles. The Hall–Kier alpha value is -6.34. The molecule has 8 saturated carbocycles. The van der Waals surface area contributed by atoms with E-state index in [2.05, 4.69) is 31.1 Å². The molecule has 20 atom stereocenters. The van der Waals surface area contributed by atoms with Crippen LogP contribution in [0, 0.1) is 71.0 Å². The summed E-state index contributed by atoms with van der Waals surface area (Å²) in [5.74, 6) is -2.38. The molecule has 8 aliphatic carbocycles. The predicted octanol–water partition coefficient (Wildman–Crippen LogP) is 4.09. The zero-order valence-electron chi connectivity index (χ0n) is 42.5. The van der Waals surface area contributed by atoms with Crippen molar-refractivity contribution in [2.45, 2.75) is 140 Å². The standard InChI is InChI=1S/C15H18O6.C14H16O6.C13H16O4.C12H14O4/c1-7(2)13(17)19-6-11(16)21-15(3)8-4-9-10(5-8)14(18)20-12(9)15;1-3-10(15)18-6-11(16)20-14(2)7-4-8-9(5-7)13(17)19-12(8)14;1-6(2)11(14)17-13(3)7-4-8-9(5-7)12(15)16-10(8)13;1-3-9(13)16-12(2)6-4-7-8(5-6)11(14)15-10(7)12/h8-10,12H,1,4-6H2,2-3H3;3,7-9,12H,1,4-6H2,2H3;7-10H,1,4-5H2,2-3H3;3,6-8,10H,1,4-5H2,2H3. The van der Waals surface area contributed by atoms with Crippen molar-refractivity contribution < 1.29 is 95.3 Å². The summed E-state index contributed by atoms with van der Waals surface area (Å²) in [5.41, 5.74) is -2.29. The average molecular weight is 1030 g/mol. The minimum Gasteiger partial charge on any atom is -0.458 e. The van der Waals surface area contributed by atoms with E-state index in [0.717, 1.165) is 50.7 Å². The summed E-state index contributed by atoms with van der Waals surface area (Å²) < 4.78 is 52.9. The van der Waals surface area contributed by atoms with Crippen molar-refractivity contribution in [1.82, 2.24) is 0 Å². The van der Waals surface area contributed by atoms with Gasteiger partial charge in [0, 0.05) is 70.6 Å². The van der Waals surface area contributed by atoms with Gasteiger partial charge in [-0.25, -0.2) is 28.8 Å². The van der Waals surface area contributed by atoms with Gasteiger partial charge in [0.2, 0.25) is 0 Å². The molecule has 0 aromatic heterocycles. The maximum absolute atomic E-state index is 11.9. The maximum Gasteiger partial charge on any atom is 0.344 e. The van der Waals surface area contributed by atoms with E-state index in [1.807, 2.05) is 13.8 Å². The lowest BCUT2D eigenvalue weighted by molar-refractivity contribution is -0.184. The van der Waals surface area contributed by atoms with Crippen LogP contribution >= 0.6 is 0 Å². The molecule has 0 spiro atoms. The average Bonchev–Trinajstić information content (AvgIpc) is 4.21. The summed E-state index contributed by atoms with van der Waals surface area (Å²) in [7, 11) is 0. The Morgan fingerprint density at radius 1 is 0.459 bits per heavy atom. The molecule has 4 heterocycles. The van der Waals surface area contributed by atoms with Crippen molar-refractivity contribution >= 4 is 59.7 Å². The van der Waals surface area contributed by atoms with Gasteiger partial charge in [0.25, 0.3) is 0 Å². The van der Waals surface area contributed by atoms with Gasteiger partial charge in [0.1, 0.15) is 46.8 Å². The number of esters is 10. The Bertz CT molecular complexity index is 2530. The first-order chi connectivity index (χ1) is 34.8. The highest BCUT2D eigenvalue weighted by atomic mass is 16.6. The number of hydrogen-bond donors (Lipinski definition) is 0. The lowest BCUT2D eigenvalue weighted by Crippen LogP contribution is -2.48. The van der Waals surface area contributed by atoms with E-state index in [1.54, 1.807) is 20.8 Å². The van der Waals surface area contributed by atoms with Gasteiger partial charge < -0.3 is 47.4 Å². The minimum absolute atomic E-state index is 0.0321. The highest BCUT2D eigenvalue weighted by Crippen LogP contribution is 2.63. The molecular weight excluding hydrogens is 969 g/mol. The second-order valence-corrected chi connectivity index (χ2v) is 22.8. The largest absolute Gasteiger partial charge is 0.458 e. The number of fused-ring (bicyclic) bond motifs is 4. The van der Waals surface area contributed by atoms with Crippen molar-refractivity contribution in [2.75, 3.05) is 13.2 Å². The van der Waals surface area contributed by atoms with Crippen LogP contribution in [-0.2, 0) is 95.3 Å². The molecule has 400 valence electrons. The third-order valence-corrected chi connectivity index (χ3v) is 18.7. The number of carbonyl (C=O) groups is 10. The van der Waals surface area contributed by atoms with Gasteiger partial charge in [-0.1, -0.05) is 26.3 Å². The lowest BCUT2D eigenvalue weighted by atomic mass is 9.79. The summed E-state index contributed by atoms with van der Waals surface area (Å²) in [5, 5.41) is 0. The van der Waals surface area contributed by atoms with Crippen molar-refractivity contribution in [3.63, 3.8) is 0 Å². The molecule has 0 N–H and O–H groups in total. The third-order valence-electron chi connectivity index (χ3n) is 18.7. The SMILES string of the molecule is C=C(C)C(=O)OC1(C)C2CC3C(=O)OC1C3C2.C=C(C)C(=O)OCC(=O)OC1(C)C2CC3C(=O)OC1C3C2.C=CC(=O)OC1(C)C2CC3C(=O)OC1C3C2.C=CC(=O)OCC(=O)OC1(C)C2CC3C(=O)OC1C3C2. The van der Waals surface area contributed by atoms with Crippen molar-refractivity contribution in [3.8, 4) is 0 Å². The van der Waals surface area contributed by atoms with E-state index in [-0.39, 0.29) is 131 Å². The molecule has 8 bridgehead atoms. The molecule has 0 aromatic carbocycles. The lowest BCUT2D eigenvalue weighted by Gasteiger charge is -2.36. The molecule has 0 radical (unpaired) electrons. The molecular formula is C54H64O20. The summed E-state index contributed by atoms with van der Waals surface area (Å²) in [6.45, 7) is 23.2. The van der Waals surface area contributed by atoms with Crippen molar-refractivity contribution in [3.05, 3.63) is 49.6 Å². The van der Waals surface area contributed by atoms with Gasteiger partial charge >= 0.3 is 59.7 Å². The number of ether oxygens (including phenoxy) is 10. The van der Waals surface area contributed by atoms with Crippen LogP contribution in [0.2, 0.25) is 0 Å². The number of rotatable bonds is 12. The Morgan fingerprint density at radius 2 is 0.757 bits per heavy atom. The van der Waals surface area contributed by atoms with E-state index in [4.69, 9.17) is 42.6 Å². The van der Waals surface area contributed by atoms with Crippen LogP contribution in [-0.4, -0.2) is 120 Å². The molecule has 0 aromatic rings. The molecule has 0 amide bonds. The smallest absolute Gasteiger partial charge is 0.344 e. The minimum atomic E-state index is -0.806. The fourth-order valence-electron chi connectivity index (χ4n) is 15.0.